The van der Waals surface area contributed by atoms with Crippen LogP contribution in [0.25, 0.3) is 11.3 Å². The van der Waals surface area contributed by atoms with Crippen LogP contribution in [-0.2, 0) is 0 Å². The number of nitrogens with one attached hydrogen (secondary N) is 2. The minimum Gasteiger partial charge on any atom is -0.424 e. The fourth-order valence-electron chi connectivity index (χ4n) is 5.25. The number of oxazole rings is 1. The van der Waals surface area contributed by atoms with E-state index in [1.807, 2.05) is 30.3 Å². The van der Waals surface area contributed by atoms with Crippen molar-refractivity contribution in [2.24, 2.45) is 0 Å². The summed E-state index contributed by atoms with van der Waals surface area (Å²) in [6.07, 6.45) is 3.60. The monoisotopic (exact) mass is 500 g/mol. The van der Waals surface area contributed by atoms with E-state index in [-0.39, 0.29) is 11.8 Å². The Bertz CT molecular complexity index is 1100. The van der Waals surface area contributed by atoms with Crippen molar-refractivity contribution in [1.29, 1.82) is 0 Å². The van der Waals surface area contributed by atoms with Crippen LogP contribution in [0.3, 0.4) is 0 Å². The zero-order chi connectivity index (χ0) is 25.0. The van der Waals surface area contributed by atoms with E-state index < -0.39 is 6.36 Å². The Labute approximate surface area is 208 Å². The zero-order valence-electron chi connectivity index (χ0n) is 20.0. The fourth-order valence-corrected chi connectivity index (χ4v) is 5.25. The first-order valence-corrected chi connectivity index (χ1v) is 12.6. The topological polar surface area (TPSA) is 62.6 Å². The molecule has 2 unspecified atom stereocenters. The first-order chi connectivity index (χ1) is 17.4. The number of piperidine rings is 1. The van der Waals surface area contributed by atoms with Crippen LogP contribution in [0.4, 0.5) is 24.9 Å². The highest BCUT2D eigenvalue weighted by Crippen LogP contribution is 2.29. The fraction of sp³-hybridized carbons (Fsp3) is 0.444. The lowest BCUT2D eigenvalue weighted by atomic mass is 9.89. The van der Waals surface area contributed by atoms with Gasteiger partial charge in [-0.1, -0.05) is 43.2 Å². The summed E-state index contributed by atoms with van der Waals surface area (Å²) in [7, 11) is 0. The van der Waals surface area contributed by atoms with Crippen molar-refractivity contribution in [1.82, 2.24) is 10.3 Å². The number of alkyl halides is 3. The smallest absolute Gasteiger partial charge is 0.424 e. The van der Waals surface area contributed by atoms with Gasteiger partial charge in [-0.15, -0.1) is 13.2 Å². The molecule has 3 atom stereocenters. The highest BCUT2D eigenvalue weighted by atomic mass is 19.4. The minimum absolute atomic E-state index is 0.198. The van der Waals surface area contributed by atoms with Crippen LogP contribution in [0.5, 0.6) is 5.75 Å². The van der Waals surface area contributed by atoms with Crippen molar-refractivity contribution < 1.29 is 22.3 Å². The quantitative estimate of drug-likeness (QED) is 0.402. The van der Waals surface area contributed by atoms with Gasteiger partial charge >= 0.3 is 6.36 Å². The second-order valence-corrected chi connectivity index (χ2v) is 9.53. The third-order valence-corrected chi connectivity index (χ3v) is 6.95. The van der Waals surface area contributed by atoms with Crippen molar-refractivity contribution in [2.45, 2.75) is 63.0 Å². The van der Waals surface area contributed by atoms with Gasteiger partial charge in [0, 0.05) is 42.5 Å². The van der Waals surface area contributed by atoms with E-state index in [1.165, 1.54) is 18.6 Å². The van der Waals surface area contributed by atoms with Crippen molar-refractivity contribution >= 4 is 11.7 Å². The molecule has 2 heterocycles. The zero-order valence-corrected chi connectivity index (χ0v) is 20.0. The standard InChI is InChI=1S/C27H31F3N4O2/c28-27(29,30)36-22-14-12-21(13-15-22)34-16-6-9-20(18-34)32-23-10-4-5-11-24(23)33-26-31-17-25(35-26)19-7-2-1-3-8-19/h1-3,7-8,12-15,17,20,23-24,32H,4-6,9-11,16,18H2,(H,31,33)/t20-,23?,24?/m0/s1. The Kier molecular flexibility index (Phi) is 7.36. The molecule has 1 saturated carbocycles. The van der Waals surface area contributed by atoms with Gasteiger partial charge in [0.25, 0.3) is 6.01 Å². The average molecular weight is 501 g/mol. The maximum absolute atomic E-state index is 12.5. The number of nitrogens with zero attached hydrogens (tertiary/aromatic N) is 2. The highest BCUT2D eigenvalue weighted by molar-refractivity contribution is 5.57. The molecule has 0 amide bonds. The molecular formula is C27H31F3N4O2. The molecule has 2 aliphatic rings. The molecule has 2 fully saturated rings. The molecule has 2 N–H and O–H groups in total. The lowest BCUT2D eigenvalue weighted by Gasteiger charge is -2.40. The summed E-state index contributed by atoms with van der Waals surface area (Å²) >= 11 is 0. The van der Waals surface area contributed by atoms with Gasteiger partial charge in [-0.25, -0.2) is 4.98 Å². The molecule has 192 valence electrons. The summed E-state index contributed by atoms with van der Waals surface area (Å²) in [5, 5.41) is 7.38. The van der Waals surface area contributed by atoms with E-state index in [9.17, 15) is 13.2 Å². The van der Waals surface area contributed by atoms with Gasteiger partial charge < -0.3 is 24.7 Å². The lowest BCUT2D eigenvalue weighted by Crippen LogP contribution is -2.54. The predicted molar refractivity (Wildman–Crippen MR) is 133 cm³/mol. The summed E-state index contributed by atoms with van der Waals surface area (Å²) in [5.74, 6) is 0.545. The van der Waals surface area contributed by atoms with Crippen LogP contribution >= 0.6 is 0 Å². The summed E-state index contributed by atoms with van der Waals surface area (Å²) in [4.78, 5) is 6.68. The van der Waals surface area contributed by atoms with Crippen LogP contribution < -0.4 is 20.3 Å². The average Bonchev–Trinajstić information content (AvgIpc) is 3.34. The molecule has 2 aromatic carbocycles. The van der Waals surface area contributed by atoms with E-state index >= 15 is 0 Å². The number of aromatic nitrogens is 1. The molecule has 0 spiro atoms. The van der Waals surface area contributed by atoms with E-state index in [0.717, 1.165) is 62.2 Å². The summed E-state index contributed by atoms with van der Waals surface area (Å²) in [6.45, 7) is 1.68. The first-order valence-electron chi connectivity index (χ1n) is 12.6. The second-order valence-electron chi connectivity index (χ2n) is 9.53. The maximum atomic E-state index is 12.5. The molecular weight excluding hydrogens is 469 g/mol. The predicted octanol–water partition coefficient (Wildman–Crippen LogP) is 6.22. The molecule has 0 bridgehead atoms. The molecule has 3 aromatic rings. The number of anilines is 2. The van der Waals surface area contributed by atoms with E-state index in [1.54, 1.807) is 18.3 Å². The summed E-state index contributed by atoms with van der Waals surface area (Å²) in [6, 6.07) is 17.4. The van der Waals surface area contributed by atoms with Crippen LogP contribution in [0.15, 0.2) is 65.2 Å². The molecule has 1 aliphatic carbocycles. The van der Waals surface area contributed by atoms with Crippen molar-refractivity contribution in [3.63, 3.8) is 0 Å². The van der Waals surface area contributed by atoms with Crippen molar-refractivity contribution in [2.75, 3.05) is 23.3 Å². The van der Waals surface area contributed by atoms with Gasteiger partial charge in [0.2, 0.25) is 0 Å². The van der Waals surface area contributed by atoms with Gasteiger partial charge in [0.15, 0.2) is 5.76 Å². The number of rotatable bonds is 7. The number of halogens is 3. The molecule has 0 radical (unpaired) electrons. The maximum Gasteiger partial charge on any atom is 0.573 e. The highest BCUT2D eigenvalue weighted by Gasteiger charge is 2.32. The molecule has 1 saturated heterocycles. The summed E-state index contributed by atoms with van der Waals surface area (Å²) < 4.78 is 47.4. The van der Waals surface area contributed by atoms with Crippen LogP contribution in [-0.4, -0.2) is 42.6 Å². The Balaban J connectivity index is 1.19. The number of ether oxygens (including phenoxy) is 1. The van der Waals surface area contributed by atoms with Crippen molar-refractivity contribution in [3.05, 3.63) is 60.8 Å². The Morgan fingerprint density at radius 1 is 0.917 bits per heavy atom. The van der Waals surface area contributed by atoms with Crippen molar-refractivity contribution in [3.8, 4) is 17.1 Å². The van der Waals surface area contributed by atoms with Crippen LogP contribution in [0.1, 0.15) is 38.5 Å². The number of hydrogen-bond donors (Lipinski definition) is 2. The normalized spacial score (nSPS) is 22.9. The Hall–Kier alpha value is -3.20. The number of benzene rings is 2. The molecule has 9 heteroatoms. The molecule has 5 rings (SSSR count). The number of hydrogen-bond acceptors (Lipinski definition) is 6. The van der Waals surface area contributed by atoms with Gasteiger partial charge in [-0.3, -0.25) is 0 Å². The van der Waals surface area contributed by atoms with Gasteiger partial charge in [-0.05, 0) is 49.9 Å². The van der Waals surface area contributed by atoms with E-state index in [2.05, 4.69) is 25.3 Å². The molecule has 6 nitrogen and oxygen atoms in total. The Morgan fingerprint density at radius 3 is 2.42 bits per heavy atom. The molecule has 1 aromatic heterocycles. The van der Waals surface area contributed by atoms with Gasteiger partial charge in [0.05, 0.1) is 6.20 Å². The second kappa shape index (κ2) is 10.8. The minimum atomic E-state index is -4.68. The third kappa shape index (κ3) is 6.32. The van der Waals surface area contributed by atoms with E-state index in [4.69, 9.17) is 4.42 Å². The van der Waals surface area contributed by atoms with Crippen LogP contribution in [0.2, 0.25) is 0 Å². The largest absolute Gasteiger partial charge is 0.573 e. The molecule has 1 aliphatic heterocycles. The van der Waals surface area contributed by atoms with E-state index in [0.29, 0.717) is 18.1 Å². The van der Waals surface area contributed by atoms with Gasteiger partial charge in [-0.2, -0.15) is 0 Å². The first kappa shape index (κ1) is 24.5. The molecule has 36 heavy (non-hydrogen) atoms. The third-order valence-electron chi connectivity index (χ3n) is 6.95. The lowest BCUT2D eigenvalue weighted by molar-refractivity contribution is -0.274. The Morgan fingerprint density at radius 2 is 1.67 bits per heavy atom. The van der Waals surface area contributed by atoms with Crippen LogP contribution in [0, 0.1) is 0 Å². The summed E-state index contributed by atoms with van der Waals surface area (Å²) in [5.41, 5.74) is 1.90. The van der Waals surface area contributed by atoms with Gasteiger partial charge in [0.1, 0.15) is 5.75 Å². The SMILES string of the molecule is FC(F)(F)Oc1ccc(N2CCC[C@H](NC3CCCCC3Nc3ncc(-c4ccccc4)o3)C2)cc1.